The van der Waals surface area contributed by atoms with Crippen LogP contribution in [-0.4, -0.2) is 48.9 Å². The number of nitrogens with zero attached hydrogens (tertiary/aromatic N) is 2. The van der Waals surface area contributed by atoms with Crippen molar-refractivity contribution in [2.75, 3.05) is 13.4 Å². The van der Waals surface area contributed by atoms with Crippen molar-refractivity contribution >= 4 is 33.0 Å². The first-order chi connectivity index (χ1) is 19.8. The van der Waals surface area contributed by atoms with Crippen molar-refractivity contribution in [1.29, 1.82) is 0 Å². The van der Waals surface area contributed by atoms with E-state index >= 15 is 0 Å². The van der Waals surface area contributed by atoms with Crippen LogP contribution >= 0.6 is 0 Å². The molecule has 2 aromatic heterocycles. The molecule has 42 heavy (non-hydrogen) atoms. The molecule has 0 saturated carbocycles. The van der Waals surface area contributed by atoms with Gasteiger partial charge in [-0.3, -0.25) is 9.78 Å². The van der Waals surface area contributed by atoms with E-state index in [0.717, 1.165) is 22.8 Å². The number of pyridine rings is 1. The Hall–Kier alpha value is -4.42. The zero-order valence-corrected chi connectivity index (χ0v) is 24.8. The quantitative estimate of drug-likeness (QED) is 0.286. The molecule has 11 nitrogen and oxygen atoms in total. The molecule has 0 bridgehead atoms. The van der Waals surface area contributed by atoms with E-state index < -0.39 is 27.7 Å². The summed E-state index contributed by atoms with van der Waals surface area (Å²) in [6.07, 6.45) is 3.82. The fourth-order valence-corrected chi connectivity index (χ4v) is 5.39. The number of hydrogen-bond donors (Lipinski definition) is 2. The first-order valence-corrected chi connectivity index (χ1v) is 15.1. The molecule has 0 saturated heterocycles. The molecule has 1 amide bonds. The average Bonchev–Trinajstić information content (AvgIpc) is 3.48. The van der Waals surface area contributed by atoms with Gasteiger partial charge in [0, 0.05) is 48.5 Å². The normalized spacial score (nSPS) is 13.1. The van der Waals surface area contributed by atoms with Crippen molar-refractivity contribution in [3.63, 3.8) is 0 Å². The summed E-state index contributed by atoms with van der Waals surface area (Å²) in [5.41, 5.74) is 3.11. The molecule has 0 spiro atoms. The summed E-state index contributed by atoms with van der Waals surface area (Å²) in [4.78, 5) is 30.9. The summed E-state index contributed by atoms with van der Waals surface area (Å²) in [6.45, 7) is 6.55. The van der Waals surface area contributed by atoms with Gasteiger partial charge in [-0.05, 0) is 62.2 Å². The molecule has 5 rings (SSSR count). The summed E-state index contributed by atoms with van der Waals surface area (Å²) in [5.74, 6) is -0.395. The van der Waals surface area contributed by atoms with Gasteiger partial charge in [-0.15, -0.1) is 0 Å². The number of carbonyl (C=O) groups excluding carboxylic acids is 2. The number of fused-ring (bicyclic) bond motifs is 2. The smallest absolute Gasteiger partial charge is 0.419 e. The van der Waals surface area contributed by atoms with Gasteiger partial charge < -0.3 is 24.3 Å². The van der Waals surface area contributed by atoms with E-state index in [0.29, 0.717) is 35.4 Å². The highest BCUT2D eigenvalue weighted by molar-refractivity contribution is 7.86. The third-order valence-corrected chi connectivity index (χ3v) is 7.02. The minimum atomic E-state index is -3.93. The number of hydrogen-bond acceptors (Lipinski definition) is 9. The van der Waals surface area contributed by atoms with Crippen LogP contribution in [0.4, 0.5) is 4.79 Å². The monoisotopic (exact) mass is 592 g/mol. The maximum absolute atomic E-state index is 13.6. The molecule has 0 unspecified atom stereocenters. The van der Waals surface area contributed by atoms with E-state index in [4.69, 9.17) is 13.7 Å². The second-order valence-corrected chi connectivity index (χ2v) is 12.6. The number of amides is 1. The fraction of sp³-hybridized carbons (Fsp3) is 0.300. The largest absolute Gasteiger partial charge is 0.493 e. The Morgan fingerprint density at radius 1 is 1.12 bits per heavy atom. The summed E-state index contributed by atoms with van der Waals surface area (Å²) in [6, 6.07) is 12.9. The van der Waals surface area contributed by atoms with Gasteiger partial charge in [-0.25, -0.2) is 9.36 Å². The predicted molar refractivity (Wildman–Crippen MR) is 157 cm³/mol. The second kappa shape index (κ2) is 11.1. The van der Waals surface area contributed by atoms with Crippen LogP contribution in [0.25, 0.3) is 22.2 Å². The van der Waals surface area contributed by atoms with Gasteiger partial charge in [-0.2, -0.15) is 8.42 Å². The molecule has 12 heteroatoms. The molecule has 2 N–H and O–H groups in total. The molecule has 4 aromatic rings. The second-order valence-electron chi connectivity index (χ2n) is 11.0. The Labute approximate surface area is 243 Å². The zero-order valence-electron chi connectivity index (χ0n) is 24.0. The van der Waals surface area contributed by atoms with Gasteiger partial charge in [0.25, 0.3) is 5.91 Å². The van der Waals surface area contributed by atoms with E-state index in [1.807, 2.05) is 36.4 Å². The lowest BCUT2D eigenvalue weighted by Crippen LogP contribution is -2.27. The average molecular weight is 593 g/mol. The molecule has 0 aliphatic carbocycles. The number of benzene rings is 2. The van der Waals surface area contributed by atoms with Gasteiger partial charge in [-0.1, -0.05) is 12.1 Å². The summed E-state index contributed by atoms with van der Waals surface area (Å²) in [5, 5.41) is 6.88. The van der Waals surface area contributed by atoms with Crippen LogP contribution in [0.5, 0.6) is 11.5 Å². The summed E-state index contributed by atoms with van der Waals surface area (Å²) < 4.78 is 42.0. The van der Waals surface area contributed by atoms with E-state index in [1.54, 1.807) is 33.2 Å². The number of methoxy groups -OCH3 is 1. The number of carbonyl (C=O) groups is 2. The van der Waals surface area contributed by atoms with E-state index in [-0.39, 0.29) is 23.6 Å². The van der Waals surface area contributed by atoms with E-state index in [1.165, 1.54) is 17.7 Å². The van der Waals surface area contributed by atoms with Crippen LogP contribution in [0.2, 0.25) is 0 Å². The van der Waals surface area contributed by atoms with Crippen molar-refractivity contribution in [1.82, 2.24) is 20.2 Å². The first kappa shape index (κ1) is 29.1. The van der Waals surface area contributed by atoms with Crippen molar-refractivity contribution in [3.8, 4) is 22.8 Å². The van der Waals surface area contributed by atoms with Crippen LogP contribution in [0.15, 0.2) is 54.9 Å². The van der Waals surface area contributed by atoms with Crippen LogP contribution < -0.4 is 19.6 Å². The highest BCUT2D eigenvalue weighted by Gasteiger charge is 2.34. The van der Waals surface area contributed by atoms with Crippen molar-refractivity contribution in [2.24, 2.45) is 0 Å². The van der Waals surface area contributed by atoms with Gasteiger partial charge >= 0.3 is 16.2 Å². The maximum Gasteiger partial charge on any atom is 0.419 e. The minimum absolute atomic E-state index is 0.0304. The molecule has 1 aliphatic heterocycles. The number of ether oxygens (including phenoxy) is 2. The lowest BCUT2D eigenvalue weighted by atomic mass is 9.98. The standard InChI is InChI=1S/C30H32N4O7S/c1-30(2,3)40-29(36)34-23-9-8-18(14-32-16-19-7-6-10-31-15-19)11-20(23)12-24(34)21-13-25(39-4)27(41-42(5,37)38)22-17-33-28(35)26(21)22/h6-13,15,32H,14,16-17H2,1-5H3,(H,33,35). The third-order valence-electron chi connectivity index (χ3n) is 6.55. The lowest BCUT2D eigenvalue weighted by molar-refractivity contribution is 0.0546. The highest BCUT2D eigenvalue weighted by atomic mass is 32.2. The summed E-state index contributed by atoms with van der Waals surface area (Å²) >= 11 is 0. The van der Waals surface area contributed by atoms with E-state index in [2.05, 4.69) is 15.6 Å². The Kier molecular flexibility index (Phi) is 7.69. The number of aromatic nitrogens is 2. The Morgan fingerprint density at radius 2 is 1.88 bits per heavy atom. The minimum Gasteiger partial charge on any atom is -0.493 e. The molecular formula is C30H32N4O7S. The molecule has 0 radical (unpaired) electrons. The van der Waals surface area contributed by atoms with Crippen LogP contribution in [0.1, 0.15) is 47.8 Å². The number of rotatable bonds is 8. The van der Waals surface area contributed by atoms with Crippen LogP contribution in [0.3, 0.4) is 0 Å². The Balaban J connectivity index is 1.64. The van der Waals surface area contributed by atoms with Gasteiger partial charge in [0.1, 0.15) is 5.60 Å². The predicted octanol–water partition coefficient (Wildman–Crippen LogP) is 4.37. The van der Waals surface area contributed by atoms with Gasteiger partial charge in [0.2, 0.25) is 0 Å². The van der Waals surface area contributed by atoms with Crippen molar-refractivity contribution in [3.05, 3.63) is 77.1 Å². The molecular weight excluding hydrogens is 560 g/mol. The molecule has 1 aliphatic rings. The molecule has 0 fully saturated rings. The van der Waals surface area contributed by atoms with Gasteiger partial charge in [0.05, 0.1) is 30.1 Å². The molecule has 0 atom stereocenters. The van der Waals surface area contributed by atoms with Gasteiger partial charge in [0.15, 0.2) is 11.5 Å². The lowest BCUT2D eigenvalue weighted by Gasteiger charge is -2.22. The summed E-state index contributed by atoms with van der Waals surface area (Å²) in [7, 11) is -2.55. The topological polar surface area (TPSA) is 138 Å². The van der Waals surface area contributed by atoms with E-state index in [9.17, 15) is 18.0 Å². The molecule has 220 valence electrons. The SMILES string of the molecule is COc1cc(-c2cc3cc(CNCc4cccnc4)ccc3n2C(=O)OC(C)(C)C)c2c(c1OS(C)(=O)=O)CNC2=O. The van der Waals surface area contributed by atoms with Crippen molar-refractivity contribution < 1.29 is 31.7 Å². The maximum atomic E-state index is 13.6. The molecule has 3 heterocycles. The third kappa shape index (κ3) is 6.09. The molecule has 2 aromatic carbocycles. The first-order valence-electron chi connectivity index (χ1n) is 13.2. The van der Waals surface area contributed by atoms with Crippen LogP contribution in [0, 0.1) is 0 Å². The fourth-order valence-electron chi connectivity index (χ4n) is 4.91. The highest BCUT2D eigenvalue weighted by Crippen LogP contribution is 2.44. The Bertz CT molecular complexity index is 1790. The van der Waals surface area contributed by atoms with Crippen LogP contribution in [-0.2, 0) is 34.5 Å². The zero-order chi connectivity index (χ0) is 30.2. The Morgan fingerprint density at radius 3 is 2.55 bits per heavy atom. The number of nitrogens with one attached hydrogen (secondary N) is 2. The van der Waals surface area contributed by atoms with Crippen molar-refractivity contribution in [2.45, 2.75) is 46.0 Å².